The zero-order chi connectivity index (χ0) is 18.6. The summed E-state index contributed by atoms with van der Waals surface area (Å²) in [7, 11) is -3.69. The number of aryl methyl sites for hydroxylation is 1. The van der Waals surface area contributed by atoms with E-state index in [1.54, 1.807) is 19.1 Å². The molecule has 10 heteroatoms. The van der Waals surface area contributed by atoms with E-state index in [0.717, 1.165) is 10.6 Å². The van der Waals surface area contributed by atoms with Crippen molar-refractivity contribution in [1.82, 2.24) is 5.16 Å². The average molecular weight is 366 g/mol. The Kier molecular flexibility index (Phi) is 5.42. The lowest BCUT2D eigenvalue weighted by atomic mass is 10.2. The summed E-state index contributed by atoms with van der Waals surface area (Å²) in [4.78, 5) is 23.1. The average Bonchev–Trinajstić information content (AvgIpc) is 2.89. The van der Waals surface area contributed by atoms with Crippen LogP contribution in [0.3, 0.4) is 0 Å². The van der Waals surface area contributed by atoms with Crippen LogP contribution >= 0.6 is 0 Å². The number of nitrogens with one attached hydrogen (secondary N) is 2. The lowest BCUT2D eigenvalue weighted by molar-refractivity contribution is -0.115. The second-order valence-corrected chi connectivity index (χ2v) is 7.28. The quantitative estimate of drug-likeness (QED) is 0.796. The highest BCUT2D eigenvalue weighted by Crippen LogP contribution is 2.20. The molecule has 0 aliphatic heterocycles. The zero-order valence-electron chi connectivity index (χ0n) is 13.9. The molecule has 2 rings (SSSR count). The molecule has 0 bridgehead atoms. The third-order valence-electron chi connectivity index (χ3n) is 3.06. The second-order valence-electron chi connectivity index (χ2n) is 5.37. The smallest absolute Gasteiger partial charge is 0.246 e. The van der Waals surface area contributed by atoms with Gasteiger partial charge >= 0.3 is 0 Å². The van der Waals surface area contributed by atoms with Crippen LogP contribution in [0.25, 0.3) is 0 Å². The maximum absolute atomic E-state index is 12.1. The van der Waals surface area contributed by atoms with Gasteiger partial charge in [-0.25, -0.2) is 8.42 Å². The monoisotopic (exact) mass is 366 g/mol. The summed E-state index contributed by atoms with van der Waals surface area (Å²) in [5.41, 5.74) is 0.815. The fraction of sp³-hybridized carbons (Fsp3) is 0.267. The Morgan fingerprint density at radius 1 is 1.20 bits per heavy atom. The van der Waals surface area contributed by atoms with Crippen molar-refractivity contribution >= 4 is 39.0 Å². The topological polar surface area (TPSA) is 122 Å². The molecule has 0 fully saturated rings. The van der Waals surface area contributed by atoms with E-state index in [4.69, 9.17) is 4.52 Å². The maximum Gasteiger partial charge on any atom is 0.246 e. The van der Waals surface area contributed by atoms with Crippen LogP contribution in [0, 0.1) is 6.92 Å². The molecular weight excluding hydrogens is 348 g/mol. The van der Waals surface area contributed by atoms with E-state index in [1.165, 1.54) is 25.1 Å². The van der Waals surface area contributed by atoms with Gasteiger partial charge < -0.3 is 15.2 Å². The third-order valence-corrected chi connectivity index (χ3v) is 4.20. The molecule has 2 aromatic rings. The summed E-state index contributed by atoms with van der Waals surface area (Å²) in [6.07, 6.45) is 1.00. The number of aromatic nitrogens is 1. The van der Waals surface area contributed by atoms with Crippen molar-refractivity contribution in [3.05, 3.63) is 36.1 Å². The molecule has 2 amide bonds. The minimum absolute atomic E-state index is 0.206. The largest absolute Gasteiger partial charge is 0.360 e. The molecule has 134 valence electrons. The Balaban J connectivity index is 2.16. The lowest BCUT2D eigenvalue weighted by Crippen LogP contribution is -2.37. The van der Waals surface area contributed by atoms with Crippen molar-refractivity contribution in [2.75, 3.05) is 27.7 Å². The van der Waals surface area contributed by atoms with Crippen LogP contribution in [-0.2, 0) is 19.6 Å². The standard InChI is InChI=1S/C15H18N4O5S/c1-10-8-14(18-24-10)17-15(21)9-19(25(3,22)23)13-6-4-12(5-7-13)16-11(2)20/h4-8H,9H2,1-3H3,(H,16,20)(H,17,18,21). The van der Waals surface area contributed by atoms with Crippen LogP contribution < -0.4 is 14.9 Å². The summed E-state index contributed by atoms with van der Waals surface area (Å²) < 4.78 is 29.8. The molecule has 25 heavy (non-hydrogen) atoms. The zero-order valence-corrected chi connectivity index (χ0v) is 14.8. The normalized spacial score (nSPS) is 11.0. The van der Waals surface area contributed by atoms with Gasteiger partial charge in [0.25, 0.3) is 0 Å². The van der Waals surface area contributed by atoms with E-state index in [9.17, 15) is 18.0 Å². The summed E-state index contributed by atoms with van der Waals surface area (Å²) in [5.74, 6) is -0.0829. The highest BCUT2D eigenvalue weighted by atomic mass is 32.2. The Morgan fingerprint density at radius 3 is 2.32 bits per heavy atom. The second kappa shape index (κ2) is 7.34. The number of benzene rings is 1. The van der Waals surface area contributed by atoms with Gasteiger partial charge in [0.15, 0.2) is 5.82 Å². The molecule has 2 N–H and O–H groups in total. The number of rotatable bonds is 6. The number of sulfonamides is 1. The van der Waals surface area contributed by atoms with Crippen molar-refractivity contribution < 1.29 is 22.5 Å². The third kappa shape index (κ3) is 5.31. The molecule has 0 saturated heterocycles. The molecule has 0 radical (unpaired) electrons. The molecular formula is C15H18N4O5S. The Morgan fingerprint density at radius 2 is 1.84 bits per heavy atom. The van der Waals surface area contributed by atoms with Gasteiger partial charge in [-0.15, -0.1) is 0 Å². The van der Waals surface area contributed by atoms with Crippen LogP contribution in [0.2, 0.25) is 0 Å². The number of hydrogen-bond donors (Lipinski definition) is 2. The van der Waals surface area contributed by atoms with Crippen molar-refractivity contribution in [2.45, 2.75) is 13.8 Å². The number of amides is 2. The van der Waals surface area contributed by atoms with Gasteiger partial charge in [-0.05, 0) is 31.2 Å². The van der Waals surface area contributed by atoms with Gasteiger partial charge in [-0.1, -0.05) is 5.16 Å². The first kappa shape index (κ1) is 18.5. The van der Waals surface area contributed by atoms with Crippen molar-refractivity contribution in [1.29, 1.82) is 0 Å². The van der Waals surface area contributed by atoms with Gasteiger partial charge in [-0.3, -0.25) is 13.9 Å². The Hall–Kier alpha value is -2.88. The number of carbonyl (C=O) groups excluding carboxylic acids is 2. The first-order valence-electron chi connectivity index (χ1n) is 7.23. The molecule has 0 atom stereocenters. The number of carbonyl (C=O) groups is 2. The van der Waals surface area contributed by atoms with E-state index < -0.39 is 22.5 Å². The molecule has 1 aromatic heterocycles. The van der Waals surface area contributed by atoms with Crippen molar-refractivity contribution in [3.63, 3.8) is 0 Å². The van der Waals surface area contributed by atoms with E-state index in [2.05, 4.69) is 15.8 Å². The predicted octanol–water partition coefficient (Wildman–Crippen LogP) is 1.35. The van der Waals surface area contributed by atoms with Crippen molar-refractivity contribution in [3.8, 4) is 0 Å². The van der Waals surface area contributed by atoms with Gasteiger partial charge in [0.1, 0.15) is 12.3 Å². The minimum atomic E-state index is -3.69. The van der Waals surface area contributed by atoms with E-state index in [1.807, 2.05) is 0 Å². The molecule has 0 spiro atoms. The first-order chi connectivity index (χ1) is 11.6. The Bertz CT molecular complexity index is 874. The summed E-state index contributed by atoms with van der Waals surface area (Å²) in [6.45, 7) is 2.61. The van der Waals surface area contributed by atoms with Gasteiger partial charge in [0.2, 0.25) is 21.8 Å². The predicted molar refractivity (Wildman–Crippen MR) is 92.8 cm³/mol. The number of nitrogens with zero attached hydrogens (tertiary/aromatic N) is 2. The Labute approximate surface area is 145 Å². The molecule has 0 aliphatic carbocycles. The number of hydrogen-bond acceptors (Lipinski definition) is 6. The molecule has 0 unspecified atom stereocenters. The van der Waals surface area contributed by atoms with Crippen LogP contribution in [0.5, 0.6) is 0 Å². The molecule has 9 nitrogen and oxygen atoms in total. The fourth-order valence-corrected chi connectivity index (χ4v) is 2.91. The lowest BCUT2D eigenvalue weighted by Gasteiger charge is -2.21. The highest BCUT2D eigenvalue weighted by Gasteiger charge is 2.21. The van der Waals surface area contributed by atoms with Gasteiger partial charge in [-0.2, -0.15) is 0 Å². The first-order valence-corrected chi connectivity index (χ1v) is 9.08. The molecule has 1 aromatic carbocycles. The van der Waals surface area contributed by atoms with E-state index in [0.29, 0.717) is 17.1 Å². The van der Waals surface area contributed by atoms with Gasteiger partial charge in [0, 0.05) is 18.7 Å². The van der Waals surface area contributed by atoms with E-state index >= 15 is 0 Å². The fourth-order valence-electron chi connectivity index (χ4n) is 2.05. The van der Waals surface area contributed by atoms with Gasteiger partial charge in [0.05, 0.1) is 11.9 Å². The molecule has 0 saturated carbocycles. The molecule has 1 heterocycles. The SMILES string of the molecule is CC(=O)Nc1ccc(N(CC(=O)Nc2cc(C)on2)S(C)(=O)=O)cc1. The van der Waals surface area contributed by atoms with Crippen LogP contribution in [0.15, 0.2) is 34.9 Å². The minimum Gasteiger partial charge on any atom is -0.360 e. The van der Waals surface area contributed by atoms with E-state index in [-0.39, 0.29) is 11.7 Å². The molecule has 0 aliphatic rings. The highest BCUT2D eigenvalue weighted by molar-refractivity contribution is 7.92. The maximum atomic E-state index is 12.1. The summed E-state index contributed by atoms with van der Waals surface area (Å²) in [5, 5.41) is 8.67. The summed E-state index contributed by atoms with van der Waals surface area (Å²) in [6, 6.07) is 7.62. The van der Waals surface area contributed by atoms with Crippen LogP contribution in [-0.4, -0.2) is 38.2 Å². The van der Waals surface area contributed by atoms with Crippen molar-refractivity contribution in [2.24, 2.45) is 0 Å². The van der Waals surface area contributed by atoms with Crippen LogP contribution in [0.4, 0.5) is 17.2 Å². The summed E-state index contributed by atoms with van der Waals surface area (Å²) >= 11 is 0. The van der Waals surface area contributed by atoms with Crippen LogP contribution in [0.1, 0.15) is 12.7 Å². The number of anilines is 3.